The average molecular weight is 444 g/mol. The van der Waals surface area contributed by atoms with Gasteiger partial charge in [-0.2, -0.15) is 4.98 Å². The quantitative estimate of drug-likeness (QED) is 0.538. The van der Waals surface area contributed by atoms with Crippen LogP contribution in [0.1, 0.15) is 24.1 Å². The minimum atomic E-state index is -0.235. The molecule has 31 heavy (non-hydrogen) atoms. The highest BCUT2D eigenvalue weighted by Crippen LogP contribution is 2.29. The third-order valence-corrected chi connectivity index (χ3v) is 6.80. The lowest BCUT2D eigenvalue weighted by atomic mass is 9.97. The molecule has 166 valence electrons. The molecule has 1 N–H and O–H groups in total. The molecule has 1 fully saturated rings. The molecule has 0 saturated carbocycles. The van der Waals surface area contributed by atoms with E-state index in [1.807, 2.05) is 22.9 Å². The lowest BCUT2D eigenvalue weighted by Gasteiger charge is -2.37. The van der Waals surface area contributed by atoms with E-state index in [0.29, 0.717) is 16.5 Å². The highest BCUT2D eigenvalue weighted by Gasteiger charge is 2.25. The van der Waals surface area contributed by atoms with Gasteiger partial charge in [-0.3, -0.25) is 4.79 Å². The summed E-state index contributed by atoms with van der Waals surface area (Å²) in [6.45, 7) is 3.50. The SMILES string of the molecule is COc1cccc(NC(=O)CSc2nc(=O)n(N3CCN(C)CC3)c3c2CCCC3)c1. The van der Waals surface area contributed by atoms with Gasteiger partial charge in [0, 0.05) is 43.5 Å². The van der Waals surface area contributed by atoms with Gasteiger partial charge in [0.15, 0.2) is 0 Å². The van der Waals surface area contributed by atoms with Crippen LogP contribution in [0, 0.1) is 0 Å². The molecule has 2 aromatic rings. The van der Waals surface area contributed by atoms with E-state index in [1.165, 1.54) is 11.8 Å². The van der Waals surface area contributed by atoms with Crippen LogP contribution in [-0.4, -0.2) is 66.6 Å². The average Bonchev–Trinajstić information content (AvgIpc) is 2.78. The number of nitrogens with zero attached hydrogens (tertiary/aromatic N) is 4. The number of carbonyl (C=O) groups excluding carboxylic acids is 1. The summed E-state index contributed by atoms with van der Waals surface area (Å²) in [5, 5.41) is 5.71. The second-order valence-corrected chi connectivity index (χ2v) is 8.93. The zero-order chi connectivity index (χ0) is 21.8. The van der Waals surface area contributed by atoms with E-state index < -0.39 is 0 Å². The van der Waals surface area contributed by atoms with Crippen LogP contribution in [-0.2, 0) is 17.6 Å². The largest absolute Gasteiger partial charge is 0.497 e. The number of piperazine rings is 1. The summed E-state index contributed by atoms with van der Waals surface area (Å²) in [6, 6.07) is 7.26. The fraction of sp³-hybridized carbons (Fsp3) is 0.500. The molecular formula is C22H29N5O3S. The number of rotatable bonds is 6. The fourth-order valence-electron chi connectivity index (χ4n) is 4.11. The van der Waals surface area contributed by atoms with Crippen molar-refractivity contribution in [1.29, 1.82) is 0 Å². The Balaban J connectivity index is 1.50. The maximum Gasteiger partial charge on any atom is 0.367 e. The summed E-state index contributed by atoms with van der Waals surface area (Å²) in [7, 11) is 3.69. The van der Waals surface area contributed by atoms with Crippen molar-refractivity contribution in [2.24, 2.45) is 0 Å². The highest BCUT2D eigenvalue weighted by molar-refractivity contribution is 8.00. The van der Waals surface area contributed by atoms with E-state index in [9.17, 15) is 9.59 Å². The summed E-state index contributed by atoms with van der Waals surface area (Å²) in [4.78, 5) is 32.1. The molecule has 1 saturated heterocycles. The number of amides is 1. The van der Waals surface area contributed by atoms with E-state index in [1.54, 1.807) is 13.2 Å². The summed E-state index contributed by atoms with van der Waals surface area (Å²) in [5.41, 5.74) is 2.65. The van der Waals surface area contributed by atoms with Crippen LogP contribution in [0.15, 0.2) is 34.1 Å². The Morgan fingerprint density at radius 1 is 1.19 bits per heavy atom. The number of thioether (sulfide) groups is 1. The molecule has 0 unspecified atom stereocenters. The molecule has 1 aliphatic heterocycles. The van der Waals surface area contributed by atoms with Crippen LogP contribution < -0.4 is 20.8 Å². The number of benzene rings is 1. The first-order valence-corrected chi connectivity index (χ1v) is 11.7. The first-order valence-electron chi connectivity index (χ1n) is 10.7. The summed E-state index contributed by atoms with van der Waals surface area (Å²) in [6.07, 6.45) is 3.93. The topological polar surface area (TPSA) is 79.7 Å². The molecule has 0 radical (unpaired) electrons. The van der Waals surface area contributed by atoms with Crippen molar-refractivity contribution < 1.29 is 9.53 Å². The first kappa shape index (κ1) is 21.7. The number of aromatic nitrogens is 2. The number of likely N-dealkylation sites (N-methyl/N-ethyl adjacent to an activating group) is 1. The van der Waals surface area contributed by atoms with E-state index in [0.717, 1.165) is 63.1 Å². The molecule has 4 rings (SSSR count). The second kappa shape index (κ2) is 9.74. The van der Waals surface area contributed by atoms with Gasteiger partial charge in [-0.1, -0.05) is 17.8 Å². The maximum absolute atomic E-state index is 13.0. The van der Waals surface area contributed by atoms with Crippen LogP contribution in [0.2, 0.25) is 0 Å². The number of hydrogen-bond donors (Lipinski definition) is 1. The van der Waals surface area contributed by atoms with Crippen molar-refractivity contribution >= 4 is 23.4 Å². The van der Waals surface area contributed by atoms with Crippen molar-refractivity contribution in [2.45, 2.75) is 30.7 Å². The Kier molecular flexibility index (Phi) is 6.82. The third-order valence-electron chi connectivity index (χ3n) is 5.79. The zero-order valence-corrected chi connectivity index (χ0v) is 18.9. The standard InChI is InChI=1S/C22H29N5O3S/c1-25-10-12-26(13-11-25)27-19-9-4-3-8-18(19)21(24-22(27)29)31-15-20(28)23-16-6-5-7-17(14-16)30-2/h5-7,14H,3-4,8-13,15H2,1-2H3,(H,23,28). The lowest BCUT2D eigenvalue weighted by Crippen LogP contribution is -2.54. The van der Waals surface area contributed by atoms with E-state index >= 15 is 0 Å². The Morgan fingerprint density at radius 3 is 2.74 bits per heavy atom. The van der Waals surface area contributed by atoms with Crippen LogP contribution >= 0.6 is 11.8 Å². The molecule has 2 aliphatic rings. The Morgan fingerprint density at radius 2 is 1.97 bits per heavy atom. The minimum absolute atomic E-state index is 0.132. The van der Waals surface area contributed by atoms with Gasteiger partial charge in [-0.05, 0) is 44.9 Å². The predicted octanol–water partition coefficient (Wildman–Crippen LogP) is 1.74. The van der Waals surface area contributed by atoms with Gasteiger partial charge in [0.1, 0.15) is 10.8 Å². The van der Waals surface area contributed by atoms with Gasteiger partial charge in [0.2, 0.25) is 5.91 Å². The number of methoxy groups -OCH3 is 1. The summed E-state index contributed by atoms with van der Waals surface area (Å²) >= 11 is 1.35. The van der Waals surface area contributed by atoms with Crippen molar-refractivity contribution in [2.75, 3.05) is 56.4 Å². The number of anilines is 1. The fourth-order valence-corrected chi connectivity index (χ4v) is 4.99. The molecule has 1 aromatic heterocycles. The molecule has 0 spiro atoms. The van der Waals surface area contributed by atoms with Gasteiger partial charge in [-0.15, -0.1) is 0 Å². The Labute approximate surface area is 186 Å². The first-order chi connectivity index (χ1) is 15.0. The minimum Gasteiger partial charge on any atom is -0.497 e. The van der Waals surface area contributed by atoms with Gasteiger partial charge >= 0.3 is 5.69 Å². The Bertz CT molecular complexity index is 1000. The normalized spacial score (nSPS) is 16.6. The number of ether oxygens (including phenoxy) is 1. The van der Waals surface area contributed by atoms with Crippen molar-refractivity contribution in [3.63, 3.8) is 0 Å². The molecule has 1 aliphatic carbocycles. The molecule has 2 heterocycles. The molecular weight excluding hydrogens is 414 g/mol. The monoisotopic (exact) mass is 443 g/mol. The molecule has 9 heteroatoms. The number of nitrogens with one attached hydrogen (secondary N) is 1. The lowest BCUT2D eigenvalue weighted by molar-refractivity contribution is -0.113. The van der Waals surface area contributed by atoms with Crippen molar-refractivity contribution in [3.8, 4) is 5.75 Å². The molecule has 1 aromatic carbocycles. The summed E-state index contributed by atoms with van der Waals surface area (Å²) < 4.78 is 7.01. The summed E-state index contributed by atoms with van der Waals surface area (Å²) in [5.74, 6) is 0.760. The van der Waals surface area contributed by atoms with Crippen LogP contribution in [0.25, 0.3) is 0 Å². The third kappa shape index (κ3) is 5.04. The van der Waals surface area contributed by atoms with Crippen LogP contribution in [0.3, 0.4) is 0 Å². The van der Waals surface area contributed by atoms with Gasteiger partial charge in [0.25, 0.3) is 0 Å². The molecule has 1 amide bonds. The number of hydrogen-bond acceptors (Lipinski definition) is 7. The van der Waals surface area contributed by atoms with Gasteiger partial charge < -0.3 is 20.0 Å². The number of carbonyl (C=O) groups is 1. The van der Waals surface area contributed by atoms with Crippen molar-refractivity contribution in [1.82, 2.24) is 14.6 Å². The molecule has 0 atom stereocenters. The van der Waals surface area contributed by atoms with Crippen molar-refractivity contribution in [3.05, 3.63) is 46.0 Å². The van der Waals surface area contributed by atoms with Crippen LogP contribution in [0.4, 0.5) is 5.69 Å². The van der Waals surface area contributed by atoms with E-state index in [2.05, 4.69) is 27.3 Å². The van der Waals surface area contributed by atoms with E-state index in [-0.39, 0.29) is 17.3 Å². The molecule has 8 nitrogen and oxygen atoms in total. The number of fused-ring (bicyclic) bond motifs is 1. The predicted molar refractivity (Wildman–Crippen MR) is 123 cm³/mol. The Hall–Kier alpha value is -2.52. The van der Waals surface area contributed by atoms with Gasteiger partial charge in [-0.25, -0.2) is 9.47 Å². The highest BCUT2D eigenvalue weighted by atomic mass is 32.2. The van der Waals surface area contributed by atoms with E-state index in [4.69, 9.17) is 4.74 Å². The second-order valence-electron chi connectivity index (χ2n) is 7.97. The van der Waals surface area contributed by atoms with Crippen LogP contribution in [0.5, 0.6) is 5.75 Å². The van der Waals surface area contributed by atoms with Gasteiger partial charge in [0.05, 0.1) is 18.6 Å². The maximum atomic E-state index is 13.0. The zero-order valence-electron chi connectivity index (χ0n) is 18.1. The molecule has 0 bridgehead atoms. The smallest absolute Gasteiger partial charge is 0.367 e.